The molecule has 0 amide bonds. The quantitative estimate of drug-likeness (QED) is 0.252. The molecule has 0 aromatic heterocycles. The zero-order chi connectivity index (χ0) is 17.3. The lowest BCUT2D eigenvalue weighted by molar-refractivity contribution is -0.128. The van der Waals surface area contributed by atoms with Crippen LogP contribution >= 0.6 is 11.8 Å². The van der Waals surface area contributed by atoms with Crippen LogP contribution in [0.15, 0.2) is 95.9 Å². The summed E-state index contributed by atoms with van der Waals surface area (Å²) in [6, 6.07) is 27.5. The van der Waals surface area contributed by atoms with Crippen LogP contribution in [0.4, 0.5) is 0 Å². The molecule has 0 bridgehead atoms. The van der Waals surface area contributed by atoms with Gasteiger partial charge in [-0.25, -0.2) is 4.79 Å². The number of carbonyl (C=O) groups is 1. The lowest BCUT2D eigenvalue weighted by Crippen LogP contribution is -2.03. The molecule has 3 rings (SSSR count). The summed E-state index contributed by atoms with van der Waals surface area (Å²) < 4.78 is 5.24. The fourth-order valence-electron chi connectivity index (χ4n) is 2.25. The van der Waals surface area contributed by atoms with Gasteiger partial charge in [0.25, 0.3) is 0 Å². The largest absolute Gasteiger partial charge is 0.423 e. The summed E-state index contributed by atoms with van der Waals surface area (Å²) in [4.78, 5) is 13.0. The number of hydrogen-bond donors (Lipinski definition) is 0. The van der Waals surface area contributed by atoms with E-state index >= 15 is 0 Å². The molecule has 2 nitrogen and oxygen atoms in total. The zero-order valence-corrected chi connectivity index (χ0v) is 14.5. The molecule has 0 atom stereocenters. The molecule has 3 aromatic rings. The summed E-state index contributed by atoms with van der Waals surface area (Å²) in [7, 11) is 0. The van der Waals surface area contributed by atoms with Crippen molar-refractivity contribution in [2.24, 2.45) is 0 Å². The van der Waals surface area contributed by atoms with Crippen molar-refractivity contribution >= 4 is 23.8 Å². The summed E-state index contributed by atoms with van der Waals surface area (Å²) in [6.07, 6.45) is 3.23. The molecule has 0 spiro atoms. The van der Waals surface area contributed by atoms with Gasteiger partial charge in [0, 0.05) is 16.7 Å². The molecule has 3 aromatic carbocycles. The van der Waals surface area contributed by atoms with Gasteiger partial charge in [-0.15, -0.1) is 11.8 Å². The van der Waals surface area contributed by atoms with Gasteiger partial charge in [0.05, 0.1) is 0 Å². The molecule has 0 N–H and O–H groups in total. The van der Waals surface area contributed by atoms with Crippen LogP contribution in [0, 0.1) is 0 Å². The maximum atomic E-state index is 11.9. The van der Waals surface area contributed by atoms with Gasteiger partial charge in [0.2, 0.25) is 0 Å². The third-order valence-corrected chi connectivity index (χ3v) is 4.54. The Labute approximate surface area is 152 Å². The number of thioether (sulfide) groups is 1. The molecule has 124 valence electrons. The lowest BCUT2D eigenvalue weighted by atomic mass is 10.2. The number of carbonyl (C=O) groups excluding carboxylic acids is 1. The molecule has 0 unspecified atom stereocenters. The van der Waals surface area contributed by atoms with Gasteiger partial charge in [0.1, 0.15) is 5.75 Å². The minimum atomic E-state index is -0.381. The average Bonchev–Trinajstić information content (AvgIpc) is 2.67. The molecule has 3 heteroatoms. The van der Waals surface area contributed by atoms with Crippen molar-refractivity contribution in [2.75, 3.05) is 0 Å². The van der Waals surface area contributed by atoms with Crippen LogP contribution in [0.2, 0.25) is 0 Å². The standard InChI is InChI=1S/C22H18O2S/c23-22(24-20-11-5-2-6-12-20)15-14-18-10-7-13-21(16-18)25-17-19-8-3-1-4-9-19/h1-16H,17H2. The van der Waals surface area contributed by atoms with Gasteiger partial charge in [0.15, 0.2) is 0 Å². The van der Waals surface area contributed by atoms with E-state index in [4.69, 9.17) is 4.74 Å². The average molecular weight is 346 g/mol. The molecule has 0 saturated carbocycles. The Hall–Kier alpha value is -2.78. The molecule has 0 aliphatic carbocycles. The normalized spacial score (nSPS) is 10.7. The molecule has 0 radical (unpaired) electrons. The van der Waals surface area contributed by atoms with Gasteiger partial charge in [-0.2, -0.15) is 0 Å². The Bertz CT molecular complexity index is 842. The monoisotopic (exact) mass is 346 g/mol. The third-order valence-electron chi connectivity index (χ3n) is 3.48. The first kappa shape index (κ1) is 17.1. The van der Waals surface area contributed by atoms with Gasteiger partial charge in [-0.05, 0) is 41.5 Å². The summed E-state index contributed by atoms with van der Waals surface area (Å²) in [5.74, 6) is 1.09. The first-order valence-electron chi connectivity index (χ1n) is 8.01. The van der Waals surface area contributed by atoms with Crippen molar-refractivity contribution < 1.29 is 9.53 Å². The van der Waals surface area contributed by atoms with E-state index in [0.29, 0.717) is 5.75 Å². The number of hydrogen-bond acceptors (Lipinski definition) is 3. The van der Waals surface area contributed by atoms with Crippen molar-refractivity contribution in [1.29, 1.82) is 0 Å². The number of benzene rings is 3. The predicted molar refractivity (Wildman–Crippen MR) is 104 cm³/mol. The van der Waals surface area contributed by atoms with E-state index < -0.39 is 0 Å². The summed E-state index contributed by atoms with van der Waals surface area (Å²) >= 11 is 1.77. The van der Waals surface area contributed by atoms with Gasteiger partial charge >= 0.3 is 5.97 Å². The number of esters is 1. The summed E-state index contributed by atoms with van der Waals surface area (Å²) in [5.41, 5.74) is 2.27. The van der Waals surface area contributed by atoms with Crippen LogP contribution in [0.5, 0.6) is 5.75 Å². The molecule has 0 aliphatic heterocycles. The Morgan fingerprint density at radius 2 is 1.60 bits per heavy atom. The highest BCUT2D eigenvalue weighted by Gasteiger charge is 2.00. The summed E-state index contributed by atoms with van der Waals surface area (Å²) in [6.45, 7) is 0. The fourth-order valence-corrected chi connectivity index (χ4v) is 3.17. The molecular formula is C22H18O2S. The molecular weight excluding hydrogens is 328 g/mol. The van der Waals surface area contributed by atoms with Gasteiger partial charge in [-0.3, -0.25) is 0 Å². The Balaban J connectivity index is 1.58. The van der Waals surface area contributed by atoms with Crippen molar-refractivity contribution in [2.45, 2.75) is 10.6 Å². The highest BCUT2D eigenvalue weighted by atomic mass is 32.2. The van der Waals surface area contributed by atoms with E-state index in [1.54, 1.807) is 30.0 Å². The van der Waals surface area contributed by atoms with E-state index in [1.165, 1.54) is 16.5 Å². The van der Waals surface area contributed by atoms with Crippen LogP contribution in [0.1, 0.15) is 11.1 Å². The topological polar surface area (TPSA) is 26.3 Å². The van der Waals surface area contributed by atoms with Crippen LogP contribution in [0.3, 0.4) is 0 Å². The van der Waals surface area contributed by atoms with Gasteiger partial charge < -0.3 is 4.74 Å². The third kappa shape index (κ3) is 5.66. The van der Waals surface area contributed by atoms with Crippen LogP contribution < -0.4 is 4.74 Å². The minimum absolute atomic E-state index is 0.381. The highest BCUT2D eigenvalue weighted by Crippen LogP contribution is 2.24. The highest BCUT2D eigenvalue weighted by molar-refractivity contribution is 7.98. The van der Waals surface area contributed by atoms with E-state index in [0.717, 1.165) is 11.3 Å². The molecule has 0 aliphatic rings. The maximum absolute atomic E-state index is 11.9. The first-order chi connectivity index (χ1) is 12.3. The Morgan fingerprint density at radius 3 is 2.36 bits per heavy atom. The molecule has 0 fully saturated rings. The first-order valence-corrected chi connectivity index (χ1v) is 9.00. The molecule has 0 heterocycles. The van der Waals surface area contributed by atoms with E-state index in [-0.39, 0.29) is 5.97 Å². The van der Waals surface area contributed by atoms with Crippen LogP contribution in [-0.4, -0.2) is 5.97 Å². The summed E-state index contributed by atoms with van der Waals surface area (Å²) in [5, 5.41) is 0. The smallest absolute Gasteiger partial charge is 0.336 e. The number of rotatable bonds is 6. The Morgan fingerprint density at radius 1 is 0.880 bits per heavy atom. The second-order valence-electron chi connectivity index (χ2n) is 5.41. The maximum Gasteiger partial charge on any atom is 0.336 e. The number of ether oxygens (including phenoxy) is 1. The van der Waals surface area contributed by atoms with Crippen molar-refractivity contribution in [1.82, 2.24) is 0 Å². The molecule has 25 heavy (non-hydrogen) atoms. The van der Waals surface area contributed by atoms with E-state index in [1.807, 2.05) is 48.5 Å². The lowest BCUT2D eigenvalue weighted by Gasteiger charge is -2.03. The zero-order valence-electron chi connectivity index (χ0n) is 13.7. The van der Waals surface area contributed by atoms with Crippen molar-refractivity contribution in [3.63, 3.8) is 0 Å². The Kier molecular flexibility index (Phi) is 6.07. The number of para-hydroxylation sites is 1. The van der Waals surface area contributed by atoms with Crippen molar-refractivity contribution in [3.05, 3.63) is 102 Å². The molecule has 0 saturated heterocycles. The second-order valence-corrected chi connectivity index (χ2v) is 6.46. The minimum Gasteiger partial charge on any atom is -0.423 e. The van der Waals surface area contributed by atoms with E-state index in [2.05, 4.69) is 24.3 Å². The van der Waals surface area contributed by atoms with Crippen molar-refractivity contribution in [3.8, 4) is 5.75 Å². The second kappa shape index (κ2) is 8.90. The van der Waals surface area contributed by atoms with Gasteiger partial charge in [-0.1, -0.05) is 60.7 Å². The predicted octanol–water partition coefficient (Wildman–Crippen LogP) is 5.60. The SMILES string of the molecule is O=C(C=Cc1cccc(SCc2ccccc2)c1)Oc1ccccc1. The fraction of sp³-hybridized carbons (Fsp3) is 0.0455. The van der Waals surface area contributed by atoms with Crippen LogP contribution in [0.25, 0.3) is 6.08 Å². The van der Waals surface area contributed by atoms with Crippen LogP contribution in [-0.2, 0) is 10.5 Å². The van der Waals surface area contributed by atoms with E-state index in [9.17, 15) is 4.79 Å².